The number of halogens is 1. The third-order valence-corrected chi connectivity index (χ3v) is 5.91. The van der Waals surface area contributed by atoms with Crippen molar-refractivity contribution in [3.8, 4) is 0 Å². The third kappa shape index (κ3) is 6.31. The van der Waals surface area contributed by atoms with E-state index in [0.717, 1.165) is 25.9 Å². The lowest BCUT2D eigenvalue weighted by Gasteiger charge is -2.35. The molecule has 1 aliphatic rings. The molecule has 0 saturated heterocycles. The molecule has 0 fully saturated rings. The summed E-state index contributed by atoms with van der Waals surface area (Å²) in [6.07, 6.45) is 3.08. The number of hydrogen-bond acceptors (Lipinski definition) is 3. The zero-order valence-corrected chi connectivity index (χ0v) is 18.3. The van der Waals surface area contributed by atoms with Crippen LogP contribution in [0.5, 0.6) is 0 Å². The molecule has 30 heavy (non-hydrogen) atoms. The molecule has 5 nitrogen and oxygen atoms in total. The topological polar surface area (TPSA) is 61.4 Å². The number of nitrogens with zero attached hydrogens (tertiary/aromatic N) is 1. The summed E-state index contributed by atoms with van der Waals surface area (Å²) in [7, 11) is 0. The SMILES string of the molecule is CCC(CNC(=O)CCCNC(=O)c1ccc(Cl)cc1)N1CCc2ccccc2C1. The van der Waals surface area contributed by atoms with Crippen LogP contribution < -0.4 is 10.6 Å². The van der Waals surface area contributed by atoms with Crippen LogP contribution in [0.15, 0.2) is 48.5 Å². The van der Waals surface area contributed by atoms with Gasteiger partial charge in [0.25, 0.3) is 5.91 Å². The minimum atomic E-state index is -0.150. The van der Waals surface area contributed by atoms with E-state index in [1.165, 1.54) is 11.1 Å². The van der Waals surface area contributed by atoms with Crippen molar-refractivity contribution >= 4 is 23.4 Å². The minimum Gasteiger partial charge on any atom is -0.355 e. The summed E-state index contributed by atoms with van der Waals surface area (Å²) >= 11 is 5.83. The molecule has 0 spiro atoms. The number of fused-ring (bicyclic) bond motifs is 1. The Hall–Kier alpha value is -2.37. The van der Waals surface area contributed by atoms with Crippen molar-refractivity contribution in [3.05, 3.63) is 70.2 Å². The predicted molar refractivity (Wildman–Crippen MR) is 121 cm³/mol. The number of nitrogens with one attached hydrogen (secondary N) is 2. The molecular formula is C24H30ClN3O2. The molecule has 0 bridgehead atoms. The standard InChI is InChI=1S/C24H30ClN3O2/c1-2-22(28-15-13-18-6-3-4-7-20(18)17-28)16-27-23(29)8-5-14-26-24(30)19-9-11-21(25)12-10-19/h3-4,6-7,9-12,22H,2,5,8,13-17H2,1H3,(H,26,30)(H,27,29). The molecule has 0 radical (unpaired) electrons. The van der Waals surface area contributed by atoms with Crippen molar-refractivity contribution in [3.63, 3.8) is 0 Å². The van der Waals surface area contributed by atoms with Crippen LogP contribution in [0.3, 0.4) is 0 Å². The fourth-order valence-electron chi connectivity index (χ4n) is 3.84. The number of amides is 2. The maximum Gasteiger partial charge on any atom is 0.251 e. The Morgan fingerprint density at radius 1 is 1.07 bits per heavy atom. The van der Waals surface area contributed by atoms with Crippen LogP contribution in [0.4, 0.5) is 0 Å². The second-order valence-corrected chi connectivity index (χ2v) is 8.16. The Kier molecular flexibility index (Phi) is 8.29. The minimum absolute atomic E-state index is 0.0339. The van der Waals surface area contributed by atoms with Crippen LogP contribution in [0.2, 0.25) is 5.02 Å². The summed E-state index contributed by atoms with van der Waals surface area (Å²) in [4.78, 5) is 26.8. The molecule has 1 heterocycles. The third-order valence-electron chi connectivity index (χ3n) is 5.66. The molecule has 1 atom stereocenters. The first-order chi connectivity index (χ1) is 14.6. The van der Waals surface area contributed by atoms with E-state index in [0.29, 0.717) is 42.6 Å². The highest BCUT2D eigenvalue weighted by atomic mass is 35.5. The zero-order valence-electron chi connectivity index (χ0n) is 17.5. The Labute approximate surface area is 183 Å². The van der Waals surface area contributed by atoms with Gasteiger partial charge in [0.05, 0.1) is 0 Å². The largest absolute Gasteiger partial charge is 0.355 e. The van der Waals surface area contributed by atoms with Gasteiger partial charge >= 0.3 is 0 Å². The first-order valence-corrected chi connectivity index (χ1v) is 11.1. The molecule has 160 valence electrons. The second kappa shape index (κ2) is 11.1. The van der Waals surface area contributed by atoms with Crippen molar-refractivity contribution in [2.24, 2.45) is 0 Å². The van der Waals surface area contributed by atoms with E-state index in [1.54, 1.807) is 24.3 Å². The van der Waals surface area contributed by atoms with E-state index < -0.39 is 0 Å². The molecule has 0 saturated carbocycles. The van der Waals surface area contributed by atoms with Gasteiger partial charge in [0.2, 0.25) is 5.91 Å². The van der Waals surface area contributed by atoms with Crippen LogP contribution >= 0.6 is 11.6 Å². The summed E-state index contributed by atoms with van der Waals surface area (Å²) in [5.41, 5.74) is 3.40. The predicted octanol–water partition coefficient (Wildman–Crippen LogP) is 3.80. The fourth-order valence-corrected chi connectivity index (χ4v) is 3.96. The maximum absolute atomic E-state index is 12.2. The molecule has 0 aromatic heterocycles. The van der Waals surface area contributed by atoms with Gasteiger partial charge in [0.1, 0.15) is 0 Å². The van der Waals surface area contributed by atoms with Crippen LogP contribution in [0.25, 0.3) is 0 Å². The van der Waals surface area contributed by atoms with Gasteiger partial charge in [0, 0.05) is 49.2 Å². The van der Waals surface area contributed by atoms with Gasteiger partial charge in [0.15, 0.2) is 0 Å². The van der Waals surface area contributed by atoms with E-state index in [2.05, 4.69) is 46.7 Å². The zero-order chi connectivity index (χ0) is 21.3. The number of hydrogen-bond donors (Lipinski definition) is 2. The summed E-state index contributed by atoms with van der Waals surface area (Å²) in [6, 6.07) is 15.7. The molecule has 2 aromatic carbocycles. The van der Waals surface area contributed by atoms with Crippen molar-refractivity contribution in [1.29, 1.82) is 0 Å². The van der Waals surface area contributed by atoms with E-state index in [1.807, 2.05) is 0 Å². The van der Waals surface area contributed by atoms with E-state index >= 15 is 0 Å². The first-order valence-electron chi connectivity index (χ1n) is 10.7. The summed E-state index contributed by atoms with van der Waals surface area (Å²) in [6.45, 7) is 5.27. The van der Waals surface area contributed by atoms with E-state index in [-0.39, 0.29) is 11.8 Å². The molecule has 6 heteroatoms. The van der Waals surface area contributed by atoms with Gasteiger partial charge in [-0.2, -0.15) is 0 Å². The maximum atomic E-state index is 12.2. The normalized spacial score (nSPS) is 14.6. The lowest BCUT2D eigenvalue weighted by Crippen LogP contribution is -2.45. The summed E-state index contributed by atoms with van der Waals surface area (Å²) in [5.74, 6) is -0.116. The molecule has 2 aromatic rings. The van der Waals surface area contributed by atoms with Crippen LogP contribution in [-0.4, -0.2) is 42.4 Å². The molecular weight excluding hydrogens is 398 g/mol. The van der Waals surface area contributed by atoms with Gasteiger partial charge in [-0.05, 0) is 54.7 Å². The van der Waals surface area contributed by atoms with E-state index in [9.17, 15) is 9.59 Å². The monoisotopic (exact) mass is 427 g/mol. The van der Waals surface area contributed by atoms with Crippen molar-refractivity contribution in [2.45, 2.75) is 45.2 Å². The van der Waals surface area contributed by atoms with Crippen LogP contribution in [-0.2, 0) is 17.8 Å². The lowest BCUT2D eigenvalue weighted by atomic mass is 9.98. The molecule has 3 rings (SSSR count). The molecule has 1 unspecified atom stereocenters. The fraction of sp³-hybridized carbons (Fsp3) is 0.417. The number of benzene rings is 2. The highest BCUT2D eigenvalue weighted by Crippen LogP contribution is 2.21. The van der Waals surface area contributed by atoms with Gasteiger partial charge in [-0.15, -0.1) is 0 Å². The Balaban J connectivity index is 1.35. The van der Waals surface area contributed by atoms with Crippen LogP contribution in [0, 0.1) is 0 Å². The lowest BCUT2D eigenvalue weighted by molar-refractivity contribution is -0.121. The van der Waals surface area contributed by atoms with Gasteiger partial charge in [-0.1, -0.05) is 42.8 Å². The molecule has 2 N–H and O–H groups in total. The quantitative estimate of drug-likeness (QED) is 0.598. The van der Waals surface area contributed by atoms with Crippen molar-refractivity contribution in [1.82, 2.24) is 15.5 Å². The summed E-state index contributed by atoms with van der Waals surface area (Å²) < 4.78 is 0. The molecule has 1 aliphatic heterocycles. The van der Waals surface area contributed by atoms with Gasteiger partial charge in [-0.25, -0.2) is 0 Å². The van der Waals surface area contributed by atoms with Crippen molar-refractivity contribution in [2.75, 3.05) is 19.6 Å². The molecule has 0 aliphatic carbocycles. The summed E-state index contributed by atoms with van der Waals surface area (Å²) in [5, 5.41) is 6.51. The number of rotatable bonds is 9. The number of carbonyl (C=O) groups excluding carboxylic acids is 2. The van der Waals surface area contributed by atoms with Crippen molar-refractivity contribution < 1.29 is 9.59 Å². The average molecular weight is 428 g/mol. The van der Waals surface area contributed by atoms with Gasteiger partial charge in [-0.3, -0.25) is 14.5 Å². The Morgan fingerprint density at radius 3 is 2.53 bits per heavy atom. The number of carbonyl (C=O) groups is 2. The smallest absolute Gasteiger partial charge is 0.251 e. The Morgan fingerprint density at radius 2 is 1.80 bits per heavy atom. The molecule has 2 amide bonds. The van der Waals surface area contributed by atoms with Crippen LogP contribution in [0.1, 0.15) is 47.7 Å². The highest BCUT2D eigenvalue weighted by molar-refractivity contribution is 6.30. The Bertz CT molecular complexity index is 854. The van der Waals surface area contributed by atoms with Gasteiger partial charge < -0.3 is 10.6 Å². The van der Waals surface area contributed by atoms with E-state index in [4.69, 9.17) is 11.6 Å². The second-order valence-electron chi connectivity index (χ2n) is 7.72. The first kappa shape index (κ1) is 22.3. The highest BCUT2D eigenvalue weighted by Gasteiger charge is 2.22. The average Bonchev–Trinajstić information content (AvgIpc) is 2.77.